The van der Waals surface area contributed by atoms with Crippen molar-refractivity contribution >= 4 is 23.6 Å². The van der Waals surface area contributed by atoms with Gasteiger partial charge in [0.15, 0.2) is 0 Å². The Bertz CT molecular complexity index is 339. The molecule has 124 valence electrons. The molecule has 0 bridgehead atoms. The third kappa shape index (κ3) is 9.67. The number of esters is 1. The first-order chi connectivity index (χ1) is 9.71. The average molecular weight is 322 g/mol. The normalized spacial score (nSPS) is 14.4. The molecular weight excluding hydrogens is 296 g/mol. The number of rotatable bonds is 10. The fourth-order valence-corrected chi connectivity index (χ4v) is 2.37. The van der Waals surface area contributed by atoms with Gasteiger partial charge < -0.3 is 25.6 Å². The number of methoxy groups -OCH3 is 1. The maximum atomic E-state index is 11.8. The number of nitrogens with one attached hydrogen (secondary N) is 1. The lowest BCUT2D eigenvalue weighted by Gasteiger charge is -2.25. The highest BCUT2D eigenvalue weighted by atomic mass is 32.2. The van der Waals surface area contributed by atoms with Crippen LogP contribution in [0.4, 0.5) is 0 Å². The molecule has 0 aliphatic carbocycles. The van der Waals surface area contributed by atoms with Crippen LogP contribution in [0.15, 0.2) is 0 Å². The summed E-state index contributed by atoms with van der Waals surface area (Å²) in [5.41, 5.74) is 5.09. The van der Waals surface area contributed by atoms with Crippen molar-refractivity contribution in [2.75, 3.05) is 31.8 Å². The van der Waals surface area contributed by atoms with E-state index in [-0.39, 0.29) is 24.6 Å². The maximum Gasteiger partial charge on any atom is 0.303 e. The molecule has 0 aliphatic heterocycles. The molecule has 2 atom stereocenters. The number of nitrogens with two attached hydrogens (primary N) is 1. The number of ether oxygens (including phenoxy) is 2. The van der Waals surface area contributed by atoms with Gasteiger partial charge in [-0.25, -0.2) is 0 Å². The lowest BCUT2D eigenvalue weighted by atomic mass is 10.1. The number of hydrogen-bond acceptors (Lipinski definition) is 7. The second-order valence-corrected chi connectivity index (χ2v) is 6.44. The Morgan fingerprint density at radius 1 is 1.38 bits per heavy atom. The first-order valence-corrected chi connectivity index (χ1v) is 7.79. The average Bonchev–Trinajstić information content (AvgIpc) is 2.37. The van der Waals surface area contributed by atoms with Crippen LogP contribution >= 0.6 is 11.8 Å². The van der Waals surface area contributed by atoms with Crippen LogP contribution in [0.3, 0.4) is 0 Å². The molecule has 0 aromatic carbocycles. The minimum Gasteiger partial charge on any atom is -0.459 e. The number of amides is 1. The quantitative estimate of drug-likeness (QED) is 0.465. The molecule has 0 radical (unpaired) electrons. The number of aliphatic hydroxyl groups is 1. The molecule has 0 spiro atoms. The number of aliphatic hydroxyl groups excluding tert-OH is 1. The molecule has 0 aromatic heterocycles. The molecule has 0 fully saturated rings. The number of carbonyl (C=O) groups is 2. The molecule has 0 aliphatic rings. The van der Waals surface area contributed by atoms with Crippen LogP contribution in [-0.4, -0.2) is 66.5 Å². The lowest BCUT2D eigenvalue weighted by molar-refractivity contribution is -0.147. The highest BCUT2D eigenvalue weighted by Gasteiger charge is 2.23. The zero-order valence-corrected chi connectivity index (χ0v) is 13.9. The van der Waals surface area contributed by atoms with Crippen LogP contribution in [0, 0.1) is 0 Å². The van der Waals surface area contributed by atoms with Gasteiger partial charge in [0.1, 0.15) is 6.10 Å². The molecule has 1 unspecified atom stereocenters. The van der Waals surface area contributed by atoms with E-state index in [2.05, 4.69) is 5.32 Å². The summed E-state index contributed by atoms with van der Waals surface area (Å²) >= 11 is 1.41. The third-order valence-electron chi connectivity index (χ3n) is 2.48. The Hall–Kier alpha value is -0.830. The Kier molecular flexibility index (Phi) is 9.60. The SMILES string of the molecule is COCC(CSC[C@H](N)C(=O)NC(C)(C)CO)OC(C)=O. The Morgan fingerprint density at radius 2 is 2.00 bits per heavy atom. The predicted molar refractivity (Wildman–Crippen MR) is 82.0 cm³/mol. The van der Waals surface area contributed by atoms with Crippen molar-refractivity contribution in [3.8, 4) is 0 Å². The Morgan fingerprint density at radius 3 is 2.48 bits per heavy atom. The minimum absolute atomic E-state index is 0.166. The third-order valence-corrected chi connectivity index (χ3v) is 3.68. The van der Waals surface area contributed by atoms with Gasteiger partial charge in [-0.2, -0.15) is 11.8 Å². The van der Waals surface area contributed by atoms with E-state index in [4.69, 9.17) is 20.3 Å². The summed E-state index contributed by atoms with van der Waals surface area (Å²) in [6, 6.07) is -0.693. The van der Waals surface area contributed by atoms with Gasteiger partial charge in [0.2, 0.25) is 5.91 Å². The zero-order chi connectivity index (χ0) is 16.5. The van der Waals surface area contributed by atoms with Gasteiger partial charge in [0, 0.05) is 25.5 Å². The van der Waals surface area contributed by atoms with Crippen molar-refractivity contribution in [1.82, 2.24) is 5.32 Å². The van der Waals surface area contributed by atoms with E-state index in [1.807, 2.05) is 0 Å². The van der Waals surface area contributed by atoms with E-state index in [9.17, 15) is 9.59 Å². The van der Waals surface area contributed by atoms with Gasteiger partial charge in [-0.15, -0.1) is 0 Å². The number of hydrogen-bond donors (Lipinski definition) is 3. The van der Waals surface area contributed by atoms with Crippen molar-refractivity contribution in [1.29, 1.82) is 0 Å². The van der Waals surface area contributed by atoms with Crippen LogP contribution in [0.5, 0.6) is 0 Å². The highest BCUT2D eigenvalue weighted by Crippen LogP contribution is 2.09. The van der Waals surface area contributed by atoms with Gasteiger partial charge >= 0.3 is 5.97 Å². The van der Waals surface area contributed by atoms with E-state index in [1.54, 1.807) is 13.8 Å². The van der Waals surface area contributed by atoms with Crippen molar-refractivity contribution in [3.05, 3.63) is 0 Å². The van der Waals surface area contributed by atoms with Gasteiger partial charge in [-0.05, 0) is 13.8 Å². The van der Waals surface area contributed by atoms with Crippen LogP contribution in [0.25, 0.3) is 0 Å². The minimum atomic E-state index is -0.699. The summed E-state index contributed by atoms with van der Waals surface area (Å²) in [6.45, 7) is 4.89. The van der Waals surface area contributed by atoms with Gasteiger partial charge in [-0.1, -0.05) is 0 Å². The van der Waals surface area contributed by atoms with E-state index in [1.165, 1.54) is 25.8 Å². The van der Waals surface area contributed by atoms with E-state index in [0.717, 1.165) is 0 Å². The topological polar surface area (TPSA) is 111 Å². The smallest absolute Gasteiger partial charge is 0.303 e. The lowest BCUT2D eigenvalue weighted by Crippen LogP contribution is -2.53. The van der Waals surface area contributed by atoms with Crippen LogP contribution in [0.1, 0.15) is 20.8 Å². The fourth-order valence-electron chi connectivity index (χ4n) is 1.40. The van der Waals surface area contributed by atoms with Gasteiger partial charge in [0.05, 0.1) is 24.8 Å². The maximum absolute atomic E-state index is 11.8. The van der Waals surface area contributed by atoms with E-state index < -0.39 is 11.6 Å². The summed E-state index contributed by atoms with van der Waals surface area (Å²) in [7, 11) is 1.53. The molecule has 0 rings (SSSR count). The number of thioether (sulfide) groups is 1. The molecule has 1 amide bonds. The van der Waals surface area contributed by atoms with Crippen LogP contribution in [-0.2, 0) is 19.1 Å². The summed E-state index contributed by atoms with van der Waals surface area (Å²) in [5.74, 6) is 0.189. The molecule has 8 heteroatoms. The second-order valence-electron chi connectivity index (χ2n) is 5.36. The summed E-state index contributed by atoms with van der Waals surface area (Å²) in [5, 5.41) is 11.8. The summed E-state index contributed by atoms with van der Waals surface area (Å²) in [6.07, 6.45) is -0.360. The number of carbonyl (C=O) groups excluding carboxylic acids is 2. The second kappa shape index (κ2) is 9.99. The molecule has 0 saturated heterocycles. The molecule has 0 heterocycles. The summed E-state index contributed by atoms with van der Waals surface area (Å²) < 4.78 is 10.0. The van der Waals surface area contributed by atoms with E-state index in [0.29, 0.717) is 18.1 Å². The van der Waals surface area contributed by atoms with Crippen molar-refractivity contribution in [2.24, 2.45) is 5.73 Å². The van der Waals surface area contributed by atoms with Crippen LogP contribution < -0.4 is 11.1 Å². The van der Waals surface area contributed by atoms with E-state index >= 15 is 0 Å². The molecule has 7 nitrogen and oxygen atoms in total. The van der Waals surface area contributed by atoms with Crippen LogP contribution in [0.2, 0.25) is 0 Å². The van der Waals surface area contributed by atoms with Crippen molar-refractivity contribution in [3.63, 3.8) is 0 Å². The monoisotopic (exact) mass is 322 g/mol. The first kappa shape index (κ1) is 20.2. The summed E-state index contributed by atoms with van der Waals surface area (Å²) in [4.78, 5) is 22.8. The molecule has 21 heavy (non-hydrogen) atoms. The fraction of sp³-hybridized carbons (Fsp3) is 0.846. The Balaban J connectivity index is 4.13. The molecule has 4 N–H and O–H groups in total. The van der Waals surface area contributed by atoms with Crippen molar-refractivity contribution in [2.45, 2.75) is 38.5 Å². The zero-order valence-electron chi connectivity index (χ0n) is 13.0. The molecule has 0 aromatic rings. The first-order valence-electron chi connectivity index (χ1n) is 6.64. The standard InChI is InChI=1S/C13H26N2O5S/c1-9(17)20-10(5-19-4)6-21-7-11(14)12(18)15-13(2,3)8-16/h10-11,16H,5-8,14H2,1-4H3,(H,15,18)/t10?,11-/m0/s1. The Labute approximate surface area is 129 Å². The van der Waals surface area contributed by atoms with Gasteiger partial charge in [0.25, 0.3) is 0 Å². The largest absolute Gasteiger partial charge is 0.459 e. The van der Waals surface area contributed by atoms with Crippen molar-refractivity contribution < 1.29 is 24.2 Å². The molecular formula is C13H26N2O5S. The van der Waals surface area contributed by atoms with Gasteiger partial charge in [-0.3, -0.25) is 9.59 Å². The predicted octanol–water partition coefficient (Wildman–Crippen LogP) is -0.488. The highest BCUT2D eigenvalue weighted by molar-refractivity contribution is 7.99. The molecule has 0 saturated carbocycles.